The van der Waals surface area contributed by atoms with Crippen LogP contribution in [-0.2, 0) is 20.2 Å². The molecule has 0 aliphatic rings. The van der Waals surface area contributed by atoms with E-state index in [2.05, 4.69) is 45.9 Å². The van der Waals surface area contributed by atoms with E-state index in [0.717, 1.165) is 5.56 Å². The Kier molecular flexibility index (Phi) is 6.50. The van der Waals surface area contributed by atoms with E-state index in [9.17, 15) is 0 Å². The first-order valence-corrected chi connectivity index (χ1v) is 14.3. The lowest BCUT2D eigenvalue weighted by molar-refractivity contribution is 0.0908. The van der Waals surface area contributed by atoms with Gasteiger partial charge in [-0.1, -0.05) is 36.9 Å². The van der Waals surface area contributed by atoms with Crippen molar-refractivity contribution in [3.05, 3.63) is 60.3 Å². The summed E-state index contributed by atoms with van der Waals surface area (Å²) in [7, 11) is -3.44. The Labute approximate surface area is 136 Å². The zero-order valence-corrected chi connectivity index (χ0v) is 16.6. The van der Waals surface area contributed by atoms with Crippen LogP contribution in [0.25, 0.3) is 0 Å². The van der Waals surface area contributed by atoms with E-state index in [-0.39, 0.29) is 0 Å². The molecular formula is C17H28O3Si2. The van der Waals surface area contributed by atoms with Crippen LogP contribution in [0.3, 0.4) is 0 Å². The molecule has 3 nitrogen and oxygen atoms in total. The Morgan fingerprint density at radius 3 is 2.00 bits per heavy atom. The molecule has 0 bridgehead atoms. The van der Waals surface area contributed by atoms with Crippen molar-refractivity contribution in [2.75, 3.05) is 0 Å². The summed E-state index contributed by atoms with van der Waals surface area (Å²) in [6.45, 7) is 17.1. The van der Waals surface area contributed by atoms with Gasteiger partial charge in [0.15, 0.2) is 0 Å². The second-order valence-corrected chi connectivity index (χ2v) is 16.0. The molecule has 0 saturated heterocycles. The molecule has 0 amide bonds. The van der Waals surface area contributed by atoms with Gasteiger partial charge in [0.05, 0.1) is 6.08 Å². The van der Waals surface area contributed by atoms with Crippen molar-refractivity contribution >= 4 is 16.6 Å². The zero-order valence-electron chi connectivity index (χ0n) is 14.6. The Balaban J connectivity index is 2.77. The van der Waals surface area contributed by atoms with Crippen LogP contribution >= 0.6 is 0 Å². The highest BCUT2D eigenvalue weighted by atomic mass is 28.4. The molecule has 0 aromatic heterocycles. The summed E-state index contributed by atoms with van der Waals surface area (Å²) in [5.41, 5.74) is 1.10. The van der Waals surface area contributed by atoms with Crippen LogP contribution in [0.2, 0.25) is 39.3 Å². The molecule has 1 aromatic carbocycles. The molecule has 0 N–H and O–H groups in total. The third kappa shape index (κ3) is 8.74. The van der Waals surface area contributed by atoms with E-state index in [4.69, 9.17) is 13.6 Å². The van der Waals surface area contributed by atoms with Gasteiger partial charge in [-0.2, -0.15) is 0 Å². The molecule has 122 valence electrons. The van der Waals surface area contributed by atoms with Gasteiger partial charge >= 0.3 is 0 Å². The fraction of sp³-hybridized carbons (Fsp3) is 0.412. The van der Waals surface area contributed by atoms with E-state index in [1.807, 2.05) is 30.3 Å². The van der Waals surface area contributed by atoms with Crippen molar-refractivity contribution in [1.29, 1.82) is 0 Å². The average Bonchev–Trinajstić information content (AvgIpc) is 2.33. The SMILES string of the molecule is C=C(/C=C(\OCc1ccccc1)O[Si](C)(C)C)O[Si](C)(C)C. The molecule has 0 aliphatic heterocycles. The quantitative estimate of drug-likeness (QED) is 0.368. The Hall–Kier alpha value is -1.47. The first kappa shape index (κ1) is 18.6. The Morgan fingerprint density at radius 2 is 1.50 bits per heavy atom. The normalized spacial score (nSPS) is 12.7. The van der Waals surface area contributed by atoms with Crippen molar-refractivity contribution in [1.82, 2.24) is 0 Å². The van der Waals surface area contributed by atoms with Gasteiger partial charge in [0.25, 0.3) is 5.95 Å². The molecule has 22 heavy (non-hydrogen) atoms. The van der Waals surface area contributed by atoms with Gasteiger partial charge in [-0.25, -0.2) is 0 Å². The highest BCUT2D eigenvalue weighted by Gasteiger charge is 2.21. The summed E-state index contributed by atoms with van der Waals surface area (Å²) < 4.78 is 17.7. The van der Waals surface area contributed by atoms with Gasteiger partial charge in [-0.05, 0) is 44.8 Å². The summed E-state index contributed by atoms with van der Waals surface area (Å²) >= 11 is 0. The highest BCUT2D eigenvalue weighted by molar-refractivity contribution is 6.70. The zero-order chi connectivity index (χ0) is 16.8. The van der Waals surface area contributed by atoms with Crippen molar-refractivity contribution in [2.45, 2.75) is 45.9 Å². The van der Waals surface area contributed by atoms with Gasteiger partial charge in [0, 0.05) is 0 Å². The molecule has 0 unspecified atom stereocenters. The van der Waals surface area contributed by atoms with Crippen LogP contribution in [-0.4, -0.2) is 16.6 Å². The van der Waals surface area contributed by atoms with Gasteiger partial charge in [0.2, 0.25) is 16.6 Å². The third-order valence-corrected chi connectivity index (χ3v) is 4.03. The van der Waals surface area contributed by atoms with Gasteiger partial charge < -0.3 is 13.6 Å². The lowest BCUT2D eigenvalue weighted by Gasteiger charge is -2.24. The molecular weight excluding hydrogens is 308 g/mol. The lowest BCUT2D eigenvalue weighted by Crippen LogP contribution is -2.27. The highest BCUT2D eigenvalue weighted by Crippen LogP contribution is 2.18. The van der Waals surface area contributed by atoms with Crippen molar-refractivity contribution in [3.8, 4) is 0 Å². The van der Waals surface area contributed by atoms with Gasteiger partial charge in [0.1, 0.15) is 12.4 Å². The van der Waals surface area contributed by atoms with Gasteiger partial charge in [-0.3, -0.25) is 0 Å². The van der Waals surface area contributed by atoms with Crippen molar-refractivity contribution < 1.29 is 13.6 Å². The number of ether oxygens (including phenoxy) is 1. The first-order valence-electron chi connectivity index (χ1n) is 7.50. The standard InChI is InChI=1S/C17H28O3Si2/c1-15(19-21(2,3)4)13-17(20-22(5,6)7)18-14-16-11-9-8-10-12-16/h8-13H,1,14H2,2-7H3/b17-13+. The van der Waals surface area contributed by atoms with E-state index in [1.165, 1.54) is 0 Å². The molecule has 0 fully saturated rings. The van der Waals surface area contributed by atoms with Crippen LogP contribution in [0.1, 0.15) is 5.56 Å². The Morgan fingerprint density at radius 1 is 0.955 bits per heavy atom. The van der Waals surface area contributed by atoms with E-state index >= 15 is 0 Å². The van der Waals surface area contributed by atoms with Crippen LogP contribution in [0.5, 0.6) is 0 Å². The van der Waals surface area contributed by atoms with E-state index in [1.54, 1.807) is 6.08 Å². The minimum atomic E-state index is -1.76. The van der Waals surface area contributed by atoms with Crippen molar-refractivity contribution in [2.24, 2.45) is 0 Å². The van der Waals surface area contributed by atoms with Crippen molar-refractivity contribution in [3.63, 3.8) is 0 Å². The maximum atomic E-state index is 6.00. The van der Waals surface area contributed by atoms with Crippen LogP contribution in [0.15, 0.2) is 54.7 Å². The lowest BCUT2D eigenvalue weighted by atomic mass is 10.2. The average molecular weight is 337 g/mol. The number of rotatable bonds is 8. The largest absolute Gasteiger partial charge is 0.545 e. The van der Waals surface area contributed by atoms with E-state index < -0.39 is 16.6 Å². The fourth-order valence-electron chi connectivity index (χ4n) is 1.69. The van der Waals surface area contributed by atoms with Crippen LogP contribution < -0.4 is 0 Å². The second kappa shape index (κ2) is 7.69. The molecule has 0 heterocycles. The number of hydrogen-bond acceptors (Lipinski definition) is 3. The molecule has 0 atom stereocenters. The summed E-state index contributed by atoms with van der Waals surface area (Å²) in [4.78, 5) is 0. The maximum Gasteiger partial charge on any atom is 0.269 e. The number of benzene rings is 1. The minimum absolute atomic E-state index is 0.470. The molecule has 0 radical (unpaired) electrons. The maximum absolute atomic E-state index is 6.00. The summed E-state index contributed by atoms with van der Waals surface area (Å²) in [6.07, 6.45) is 1.76. The molecule has 1 rings (SSSR count). The summed E-state index contributed by atoms with van der Waals surface area (Å²) in [6, 6.07) is 10.0. The minimum Gasteiger partial charge on any atom is -0.545 e. The topological polar surface area (TPSA) is 27.7 Å². The van der Waals surface area contributed by atoms with Crippen LogP contribution in [0.4, 0.5) is 0 Å². The molecule has 0 spiro atoms. The molecule has 0 saturated carbocycles. The first-order chi connectivity index (χ1) is 10.1. The van der Waals surface area contributed by atoms with E-state index in [0.29, 0.717) is 18.3 Å². The monoisotopic (exact) mass is 336 g/mol. The third-order valence-electron chi connectivity index (χ3n) is 2.35. The smallest absolute Gasteiger partial charge is 0.269 e. The van der Waals surface area contributed by atoms with Gasteiger partial charge in [-0.15, -0.1) is 0 Å². The fourth-order valence-corrected chi connectivity index (χ4v) is 3.25. The summed E-state index contributed by atoms with van der Waals surface area (Å²) in [5.74, 6) is 1.09. The summed E-state index contributed by atoms with van der Waals surface area (Å²) in [5, 5.41) is 0. The predicted molar refractivity (Wildman–Crippen MR) is 97.3 cm³/mol. The second-order valence-electron chi connectivity index (χ2n) is 7.13. The predicted octanol–water partition coefficient (Wildman–Crippen LogP) is 5.26. The molecule has 1 aromatic rings. The number of hydrogen-bond donors (Lipinski definition) is 0. The number of allylic oxidation sites excluding steroid dienone is 1. The van der Waals surface area contributed by atoms with Crippen LogP contribution in [0, 0.1) is 0 Å². The Bertz CT molecular complexity index is 511. The molecule has 5 heteroatoms. The molecule has 0 aliphatic carbocycles.